The highest BCUT2D eigenvalue weighted by atomic mass is 16.5. The predicted octanol–water partition coefficient (Wildman–Crippen LogP) is 4.02. The van der Waals surface area contributed by atoms with Gasteiger partial charge in [-0.15, -0.1) is 0 Å². The fourth-order valence-electron chi connectivity index (χ4n) is 3.96. The van der Waals surface area contributed by atoms with Crippen LogP contribution in [0.1, 0.15) is 43.8 Å². The molecule has 0 saturated carbocycles. The standard InChI is InChI=1S/C27H28N2O5/c1-18-14-19-16-33-23-10-5-3-8-21(23)26(30)28-12-7-13-29-27(31)22-9-4-6-11-24(22)34-17-20(15-18)25(19)32-2/h3-6,8-11,14-15H,7,12-13,16-17H2,1-2H3,(H,28,30)(H,29,31). The van der Waals surface area contributed by atoms with Gasteiger partial charge < -0.3 is 24.8 Å². The molecule has 3 aromatic carbocycles. The number of rotatable bonds is 1. The van der Waals surface area contributed by atoms with Crippen LogP contribution >= 0.6 is 0 Å². The highest BCUT2D eigenvalue weighted by Gasteiger charge is 2.17. The third kappa shape index (κ3) is 5.31. The van der Waals surface area contributed by atoms with E-state index in [1.807, 2.05) is 31.2 Å². The van der Waals surface area contributed by atoms with E-state index < -0.39 is 0 Å². The molecule has 0 unspecified atom stereocenters. The molecular weight excluding hydrogens is 432 g/mol. The monoisotopic (exact) mass is 460 g/mol. The molecule has 7 heteroatoms. The number of aryl methyl sites for hydroxylation is 1. The van der Waals surface area contributed by atoms with Gasteiger partial charge in [-0.1, -0.05) is 29.8 Å². The molecule has 0 radical (unpaired) electrons. The minimum absolute atomic E-state index is 0.223. The molecule has 0 fully saturated rings. The summed E-state index contributed by atoms with van der Waals surface area (Å²) >= 11 is 0. The molecule has 3 aromatic rings. The van der Waals surface area contributed by atoms with Crippen LogP contribution in [0.2, 0.25) is 0 Å². The van der Waals surface area contributed by atoms with E-state index in [1.165, 1.54) is 0 Å². The van der Waals surface area contributed by atoms with Crippen molar-refractivity contribution in [3.05, 3.63) is 88.5 Å². The zero-order chi connectivity index (χ0) is 23.9. The lowest BCUT2D eigenvalue weighted by molar-refractivity contribution is 0.0947. The lowest BCUT2D eigenvalue weighted by atomic mass is 10.0. The number of amides is 2. The molecule has 0 atom stereocenters. The highest BCUT2D eigenvalue weighted by Crippen LogP contribution is 2.30. The molecule has 176 valence electrons. The fraction of sp³-hybridized carbons (Fsp3) is 0.259. The van der Waals surface area contributed by atoms with Gasteiger partial charge >= 0.3 is 0 Å². The van der Waals surface area contributed by atoms with E-state index in [0.29, 0.717) is 47.9 Å². The van der Waals surface area contributed by atoms with Crippen molar-refractivity contribution in [2.75, 3.05) is 20.2 Å². The van der Waals surface area contributed by atoms with Gasteiger partial charge in [0.05, 0.1) is 18.2 Å². The Balaban J connectivity index is 1.70. The first-order chi connectivity index (χ1) is 16.6. The minimum Gasteiger partial charge on any atom is -0.496 e. The molecule has 4 rings (SSSR count). The molecule has 0 spiro atoms. The molecule has 2 amide bonds. The number of fused-ring (bicyclic) bond motifs is 4. The van der Waals surface area contributed by atoms with Crippen molar-refractivity contribution >= 4 is 11.8 Å². The Hall–Kier alpha value is -4.00. The van der Waals surface area contributed by atoms with Gasteiger partial charge in [0.15, 0.2) is 0 Å². The average molecular weight is 461 g/mol. The summed E-state index contributed by atoms with van der Waals surface area (Å²) in [5.41, 5.74) is 3.60. The van der Waals surface area contributed by atoms with Crippen molar-refractivity contribution in [2.24, 2.45) is 0 Å². The van der Waals surface area contributed by atoms with E-state index in [0.717, 1.165) is 16.7 Å². The molecule has 7 nitrogen and oxygen atoms in total. The lowest BCUT2D eigenvalue weighted by Crippen LogP contribution is -2.30. The van der Waals surface area contributed by atoms with Gasteiger partial charge in [-0.05, 0) is 49.7 Å². The SMILES string of the molecule is COc1c2cc(C)cc1COc1ccccc1C(=O)NCCCNC(=O)c1ccccc1OC2. The molecule has 0 aromatic heterocycles. The number of methoxy groups -OCH3 is 1. The van der Waals surface area contributed by atoms with Crippen LogP contribution < -0.4 is 24.8 Å². The molecule has 1 aliphatic heterocycles. The minimum atomic E-state index is -0.223. The normalized spacial score (nSPS) is 14.6. The number of hydrogen-bond donors (Lipinski definition) is 2. The zero-order valence-electron chi connectivity index (χ0n) is 19.4. The van der Waals surface area contributed by atoms with Gasteiger partial charge in [0, 0.05) is 24.2 Å². The Bertz CT molecular complexity index is 1100. The molecule has 0 aliphatic carbocycles. The maximum absolute atomic E-state index is 12.8. The third-order valence-electron chi connectivity index (χ3n) is 5.55. The molecule has 2 bridgehead atoms. The molecule has 2 N–H and O–H groups in total. The Morgan fingerprint density at radius 2 is 1.24 bits per heavy atom. The van der Waals surface area contributed by atoms with Crippen molar-refractivity contribution in [2.45, 2.75) is 26.6 Å². The number of ether oxygens (including phenoxy) is 3. The van der Waals surface area contributed by atoms with Crippen molar-refractivity contribution in [1.29, 1.82) is 0 Å². The molecule has 1 aliphatic rings. The number of carbonyl (C=O) groups is 2. The summed E-state index contributed by atoms with van der Waals surface area (Å²) in [6, 6.07) is 18.3. The topological polar surface area (TPSA) is 85.9 Å². The fourth-order valence-corrected chi connectivity index (χ4v) is 3.96. The second-order valence-corrected chi connectivity index (χ2v) is 8.05. The zero-order valence-corrected chi connectivity index (χ0v) is 19.4. The van der Waals surface area contributed by atoms with Gasteiger partial charge in [-0.3, -0.25) is 9.59 Å². The van der Waals surface area contributed by atoms with E-state index in [2.05, 4.69) is 10.6 Å². The second-order valence-electron chi connectivity index (χ2n) is 8.05. The van der Waals surface area contributed by atoms with Crippen LogP contribution in [-0.4, -0.2) is 32.0 Å². The van der Waals surface area contributed by atoms with E-state index in [4.69, 9.17) is 14.2 Å². The number of benzene rings is 3. The van der Waals surface area contributed by atoms with Gasteiger partial charge in [0.25, 0.3) is 11.8 Å². The van der Waals surface area contributed by atoms with Crippen LogP contribution in [0, 0.1) is 6.92 Å². The van der Waals surface area contributed by atoms with Crippen molar-refractivity contribution < 1.29 is 23.8 Å². The largest absolute Gasteiger partial charge is 0.496 e. The molecule has 0 saturated heterocycles. The molecule has 34 heavy (non-hydrogen) atoms. The van der Waals surface area contributed by atoms with Crippen LogP contribution in [0.5, 0.6) is 17.2 Å². The third-order valence-corrected chi connectivity index (χ3v) is 5.55. The molecule has 1 heterocycles. The smallest absolute Gasteiger partial charge is 0.255 e. The first-order valence-electron chi connectivity index (χ1n) is 11.2. The number of hydrogen-bond acceptors (Lipinski definition) is 5. The summed E-state index contributed by atoms with van der Waals surface area (Å²) in [6.45, 7) is 3.27. The quantitative estimate of drug-likeness (QED) is 0.573. The van der Waals surface area contributed by atoms with Gasteiger partial charge in [0.1, 0.15) is 30.5 Å². The summed E-state index contributed by atoms with van der Waals surface area (Å²) in [6.07, 6.45) is 0.588. The number of carbonyl (C=O) groups excluding carboxylic acids is 2. The van der Waals surface area contributed by atoms with Gasteiger partial charge in [-0.2, -0.15) is 0 Å². The number of nitrogens with one attached hydrogen (secondary N) is 2. The summed E-state index contributed by atoms with van der Waals surface area (Å²) in [5, 5.41) is 5.79. The van der Waals surface area contributed by atoms with E-state index in [9.17, 15) is 9.59 Å². The van der Waals surface area contributed by atoms with Crippen LogP contribution in [0.25, 0.3) is 0 Å². The Morgan fingerprint density at radius 3 is 1.71 bits per heavy atom. The summed E-state index contributed by atoms with van der Waals surface area (Å²) < 4.78 is 17.9. The number of para-hydroxylation sites is 2. The maximum atomic E-state index is 12.8. The van der Waals surface area contributed by atoms with E-state index in [1.54, 1.807) is 43.5 Å². The molecular formula is C27H28N2O5. The average Bonchev–Trinajstić information content (AvgIpc) is 2.85. The summed E-state index contributed by atoms with van der Waals surface area (Å²) in [5.74, 6) is 1.18. The predicted molar refractivity (Wildman–Crippen MR) is 129 cm³/mol. The highest BCUT2D eigenvalue weighted by molar-refractivity contribution is 5.97. The second kappa shape index (κ2) is 10.7. The van der Waals surface area contributed by atoms with E-state index >= 15 is 0 Å². The van der Waals surface area contributed by atoms with Crippen LogP contribution in [0.3, 0.4) is 0 Å². The van der Waals surface area contributed by atoms with Crippen LogP contribution in [0.15, 0.2) is 60.7 Å². The van der Waals surface area contributed by atoms with Gasteiger partial charge in [-0.25, -0.2) is 0 Å². The van der Waals surface area contributed by atoms with Crippen molar-refractivity contribution in [1.82, 2.24) is 10.6 Å². The van der Waals surface area contributed by atoms with Crippen LogP contribution in [-0.2, 0) is 13.2 Å². The van der Waals surface area contributed by atoms with Crippen molar-refractivity contribution in [3.8, 4) is 17.2 Å². The van der Waals surface area contributed by atoms with Crippen LogP contribution in [0.4, 0.5) is 0 Å². The lowest BCUT2D eigenvalue weighted by Gasteiger charge is -2.18. The first-order valence-corrected chi connectivity index (χ1v) is 11.2. The van der Waals surface area contributed by atoms with Crippen molar-refractivity contribution in [3.63, 3.8) is 0 Å². The maximum Gasteiger partial charge on any atom is 0.255 e. The van der Waals surface area contributed by atoms with Gasteiger partial charge in [0.2, 0.25) is 0 Å². The first kappa shape index (κ1) is 23.2. The summed E-state index contributed by atoms with van der Waals surface area (Å²) in [7, 11) is 1.60. The Morgan fingerprint density at radius 1 is 0.765 bits per heavy atom. The summed E-state index contributed by atoms with van der Waals surface area (Å²) in [4.78, 5) is 25.5. The Labute approximate surface area is 199 Å². The van der Waals surface area contributed by atoms with E-state index in [-0.39, 0.29) is 25.0 Å². The Kier molecular flexibility index (Phi) is 7.32.